The molecule has 2 aliphatic heterocycles. The maximum atomic E-state index is 14.1. The molecule has 0 saturated carbocycles. The lowest BCUT2D eigenvalue weighted by atomic mass is 10.0. The number of carbonyl (C=O) groups is 1. The van der Waals surface area contributed by atoms with Gasteiger partial charge in [-0.25, -0.2) is 4.98 Å². The summed E-state index contributed by atoms with van der Waals surface area (Å²) in [6.07, 6.45) is 4.95. The molecule has 5 rings (SSSR count). The van der Waals surface area contributed by atoms with Crippen LogP contribution in [0.2, 0.25) is 10.0 Å². The topological polar surface area (TPSA) is 120 Å². The summed E-state index contributed by atoms with van der Waals surface area (Å²) in [7, 11) is 2.97. The summed E-state index contributed by atoms with van der Waals surface area (Å²) in [5, 5.41) is 7.23. The number of fused-ring (bicyclic) bond motifs is 1. The molecule has 0 aliphatic carbocycles. The van der Waals surface area contributed by atoms with E-state index in [1.54, 1.807) is 22.9 Å². The van der Waals surface area contributed by atoms with Crippen molar-refractivity contribution in [2.24, 2.45) is 5.92 Å². The molecule has 2 aliphatic rings. The number of rotatable bonds is 12. The second-order valence-electron chi connectivity index (χ2n) is 10.4. The van der Waals surface area contributed by atoms with Crippen LogP contribution in [0.25, 0.3) is 22.2 Å². The third-order valence-corrected chi connectivity index (χ3v) is 8.41. The monoisotopic (exact) mass is 616 g/mol. The smallest absolute Gasteiger partial charge is 0.260 e. The summed E-state index contributed by atoms with van der Waals surface area (Å²) in [4.78, 5) is 37.2. The Bertz CT molecular complexity index is 1510. The van der Waals surface area contributed by atoms with Gasteiger partial charge in [-0.3, -0.25) is 19.1 Å². The Morgan fingerprint density at radius 3 is 2.57 bits per heavy atom. The molecule has 3 aromatic rings. The number of nitrogens with zero attached hydrogens (tertiary/aromatic N) is 4. The summed E-state index contributed by atoms with van der Waals surface area (Å²) >= 11 is 13.4. The van der Waals surface area contributed by atoms with Crippen molar-refractivity contribution >= 4 is 46.1 Å². The van der Waals surface area contributed by atoms with Crippen molar-refractivity contribution in [2.45, 2.75) is 25.4 Å². The number of likely N-dealkylation sites (tertiary alicyclic amines) is 1. The number of anilines is 1. The lowest BCUT2D eigenvalue weighted by Gasteiger charge is -2.39. The number of carbonyl (C=O) groups excluding carboxylic acids is 1. The molecule has 1 unspecified atom stereocenters. The van der Waals surface area contributed by atoms with E-state index in [0.717, 1.165) is 26.1 Å². The fraction of sp³-hybridized carbons (Fsp3) is 0.448. The molecule has 2 aromatic heterocycles. The van der Waals surface area contributed by atoms with E-state index in [4.69, 9.17) is 42.4 Å². The maximum absolute atomic E-state index is 14.1. The lowest BCUT2D eigenvalue weighted by Crippen LogP contribution is -2.59. The summed E-state index contributed by atoms with van der Waals surface area (Å²) in [6.45, 7) is 8.02. The van der Waals surface area contributed by atoms with E-state index in [1.165, 1.54) is 20.3 Å². The fourth-order valence-electron chi connectivity index (χ4n) is 5.30. The molecule has 11 nitrogen and oxygen atoms in total. The van der Waals surface area contributed by atoms with Crippen molar-refractivity contribution < 1.29 is 19.0 Å². The first kappa shape index (κ1) is 30.1. The van der Waals surface area contributed by atoms with Crippen LogP contribution in [0.3, 0.4) is 0 Å². The molecule has 0 spiro atoms. The molecule has 1 atom stereocenters. The number of hydrogen-bond donors (Lipinski definition) is 2. The molecule has 1 aromatic carbocycles. The zero-order valence-electron chi connectivity index (χ0n) is 23.6. The molecular weight excluding hydrogens is 583 g/mol. The molecule has 2 N–H and O–H groups in total. The number of halogens is 2. The molecule has 4 heterocycles. The van der Waals surface area contributed by atoms with Crippen LogP contribution in [-0.2, 0) is 16.1 Å². The molecule has 13 heteroatoms. The molecular formula is C29H34Cl2N6O5. The average molecular weight is 618 g/mol. The normalized spacial score (nSPS) is 17.2. The van der Waals surface area contributed by atoms with Gasteiger partial charge in [0.25, 0.3) is 5.56 Å². The van der Waals surface area contributed by atoms with E-state index in [9.17, 15) is 9.59 Å². The van der Waals surface area contributed by atoms with Gasteiger partial charge >= 0.3 is 0 Å². The first-order valence-corrected chi connectivity index (χ1v) is 14.6. The quantitative estimate of drug-likeness (QED) is 0.294. The Kier molecular flexibility index (Phi) is 9.52. The van der Waals surface area contributed by atoms with E-state index >= 15 is 0 Å². The number of ether oxygens (including phenoxy) is 3. The Morgan fingerprint density at radius 2 is 1.93 bits per heavy atom. The van der Waals surface area contributed by atoms with E-state index in [-0.39, 0.29) is 33.1 Å². The van der Waals surface area contributed by atoms with E-state index in [0.29, 0.717) is 72.7 Å². The molecule has 1 amide bonds. The number of amides is 1. The highest BCUT2D eigenvalue weighted by atomic mass is 35.5. The largest absolute Gasteiger partial charge is 0.495 e. The first-order valence-electron chi connectivity index (χ1n) is 13.8. The van der Waals surface area contributed by atoms with Crippen LogP contribution in [0, 0.1) is 5.92 Å². The van der Waals surface area contributed by atoms with Crippen molar-refractivity contribution in [3.8, 4) is 22.6 Å². The highest BCUT2D eigenvalue weighted by molar-refractivity contribution is 6.41. The van der Waals surface area contributed by atoms with Crippen LogP contribution in [0.15, 0.2) is 35.8 Å². The van der Waals surface area contributed by atoms with Crippen molar-refractivity contribution in [1.82, 2.24) is 24.8 Å². The summed E-state index contributed by atoms with van der Waals surface area (Å²) in [5.74, 6) is 1.42. The van der Waals surface area contributed by atoms with Gasteiger partial charge in [-0.2, -0.15) is 4.98 Å². The van der Waals surface area contributed by atoms with E-state index in [2.05, 4.69) is 27.1 Å². The molecule has 0 radical (unpaired) electrons. The van der Waals surface area contributed by atoms with Gasteiger partial charge in [0.2, 0.25) is 11.9 Å². The highest BCUT2D eigenvalue weighted by Gasteiger charge is 2.28. The number of aromatic nitrogens is 3. The second kappa shape index (κ2) is 13.3. The second-order valence-corrected chi connectivity index (χ2v) is 11.1. The van der Waals surface area contributed by atoms with Gasteiger partial charge in [0.1, 0.15) is 17.1 Å². The molecule has 224 valence electrons. The fourth-order valence-corrected chi connectivity index (χ4v) is 6.00. The Morgan fingerprint density at radius 1 is 1.19 bits per heavy atom. The predicted octanol–water partition coefficient (Wildman–Crippen LogP) is 3.61. The Balaban J connectivity index is 1.49. The van der Waals surface area contributed by atoms with Gasteiger partial charge in [-0.15, -0.1) is 0 Å². The first-order chi connectivity index (χ1) is 20.3. The number of benzene rings is 1. The standard InChI is InChI=1S/C29H34Cl2N6O5/c1-4-23(38)34-19-14-36(15-19)8-9-37-27-18(13-33-29(35-27)32-7-5-17-6-10-42-16-17)11-20(28(37)39)24-25(30)21(40-2)12-22(41-3)26(24)31/h4,11-13,17,19H,1,5-10,14-16H2,2-3H3,(H,34,38)(H,32,33,35). The third kappa shape index (κ3) is 6.34. The van der Waals surface area contributed by atoms with Crippen LogP contribution in [0.1, 0.15) is 12.8 Å². The van der Waals surface area contributed by atoms with Crippen LogP contribution in [0.5, 0.6) is 11.5 Å². The van der Waals surface area contributed by atoms with E-state index < -0.39 is 0 Å². The number of nitrogens with one attached hydrogen (secondary N) is 2. The minimum atomic E-state index is -0.314. The Labute approximate surface area is 253 Å². The van der Waals surface area contributed by atoms with Gasteiger partial charge in [0.15, 0.2) is 0 Å². The molecule has 42 heavy (non-hydrogen) atoms. The SMILES string of the molecule is C=CC(=O)NC1CN(CCn2c(=O)c(-c3c(Cl)c(OC)cc(OC)c3Cl)cc3cnc(NCCC4CCOC4)nc32)C1. The zero-order chi connectivity index (χ0) is 29.8. The summed E-state index contributed by atoms with van der Waals surface area (Å²) in [6, 6.07) is 3.32. The average Bonchev–Trinajstić information content (AvgIpc) is 3.49. The van der Waals surface area contributed by atoms with Gasteiger partial charge in [-0.05, 0) is 30.9 Å². The number of methoxy groups -OCH3 is 2. The van der Waals surface area contributed by atoms with Crippen LogP contribution in [-0.4, -0.2) is 85.0 Å². The van der Waals surface area contributed by atoms with Crippen molar-refractivity contribution in [3.05, 3.63) is 51.4 Å². The minimum absolute atomic E-state index is 0.0422. The van der Waals surface area contributed by atoms with Crippen LogP contribution in [0.4, 0.5) is 5.95 Å². The maximum Gasteiger partial charge on any atom is 0.260 e. The minimum Gasteiger partial charge on any atom is -0.495 e. The third-order valence-electron chi connectivity index (χ3n) is 7.66. The van der Waals surface area contributed by atoms with Gasteiger partial charge < -0.3 is 24.8 Å². The predicted molar refractivity (Wildman–Crippen MR) is 163 cm³/mol. The van der Waals surface area contributed by atoms with Crippen molar-refractivity contribution in [3.63, 3.8) is 0 Å². The molecule has 2 fully saturated rings. The van der Waals surface area contributed by atoms with Crippen molar-refractivity contribution in [2.75, 3.05) is 58.9 Å². The summed E-state index contributed by atoms with van der Waals surface area (Å²) in [5.41, 5.74) is 0.767. The Hall–Kier alpha value is -3.38. The molecule has 2 saturated heterocycles. The highest BCUT2D eigenvalue weighted by Crippen LogP contribution is 2.45. The number of hydrogen-bond acceptors (Lipinski definition) is 9. The van der Waals surface area contributed by atoms with Gasteiger partial charge in [0.05, 0.1) is 35.9 Å². The zero-order valence-corrected chi connectivity index (χ0v) is 25.1. The van der Waals surface area contributed by atoms with Gasteiger partial charge in [-0.1, -0.05) is 29.8 Å². The van der Waals surface area contributed by atoms with Crippen molar-refractivity contribution in [1.29, 1.82) is 0 Å². The van der Waals surface area contributed by atoms with Gasteiger partial charge in [0, 0.05) is 69.2 Å². The van der Waals surface area contributed by atoms with Crippen LogP contribution < -0.4 is 25.7 Å². The van der Waals surface area contributed by atoms with Crippen LogP contribution >= 0.6 is 23.2 Å². The summed E-state index contributed by atoms with van der Waals surface area (Å²) < 4.78 is 18.0. The van der Waals surface area contributed by atoms with E-state index in [1.807, 2.05) is 0 Å². The molecule has 0 bridgehead atoms. The lowest BCUT2D eigenvalue weighted by molar-refractivity contribution is -0.118. The number of pyridine rings is 1.